The third-order valence-corrected chi connectivity index (χ3v) is 19.6. The van der Waals surface area contributed by atoms with Crippen molar-refractivity contribution < 1.29 is 42.9 Å². The van der Waals surface area contributed by atoms with Crippen molar-refractivity contribution in [2.75, 3.05) is 47.5 Å². The molecule has 101 heavy (non-hydrogen) atoms. The fourth-order valence-electron chi connectivity index (χ4n) is 13.0. The van der Waals surface area contributed by atoms with E-state index >= 15 is 0 Å². The van der Waals surface area contributed by atoms with Crippen LogP contribution in [0.3, 0.4) is 0 Å². The van der Waals surface area contributed by atoms with E-state index in [1.165, 1.54) is 321 Å². The van der Waals surface area contributed by atoms with Gasteiger partial charge in [0.05, 0.1) is 40.3 Å². The van der Waals surface area contributed by atoms with E-state index in [4.69, 9.17) is 18.9 Å². The molecule has 0 amide bonds. The number of rotatable bonds is 82. The number of nitrogens with zero attached hydrogens (tertiary/aromatic N) is 1. The number of unbranched alkanes of at least 4 members (excludes halogenated alkanes) is 53. The minimum atomic E-state index is -1.62. The zero-order valence-corrected chi connectivity index (χ0v) is 67.5. The molecule has 0 bridgehead atoms. The maximum atomic E-state index is 13.0. The molecule has 0 aliphatic heterocycles. The molecule has 0 saturated heterocycles. The molecule has 2 atom stereocenters. The predicted octanol–water partition coefficient (Wildman–Crippen LogP) is 27.2. The second-order valence-corrected chi connectivity index (χ2v) is 30.8. The quantitative estimate of drug-likeness (QED) is 0.0195. The van der Waals surface area contributed by atoms with Gasteiger partial charge < -0.3 is 33.3 Å². The zero-order chi connectivity index (χ0) is 73.2. The van der Waals surface area contributed by atoms with Gasteiger partial charge in [-0.3, -0.25) is 9.59 Å². The van der Waals surface area contributed by atoms with Crippen LogP contribution in [0.1, 0.15) is 425 Å². The average molecular weight is 1420 g/mol. The van der Waals surface area contributed by atoms with Gasteiger partial charge in [0.1, 0.15) is 13.2 Å². The number of carboxylic acid groups (broad SMARTS) is 1. The number of carboxylic acids is 1. The Hall–Kier alpha value is -3.53. The summed E-state index contributed by atoms with van der Waals surface area (Å²) < 4.78 is 22.9. The fourth-order valence-corrected chi connectivity index (χ4v) is 13.0. The van der Waals surface area contributed by atoms with Crippen molar-refractivity contribution in [3.8, 4) is 0 Å². The number of esters is 2. The summed E-state index contributed by atoms with van der Waals surface area (Å²) in [4.78, 5) is 37.7. The first kappa shape index (κ1) is 97.5. The SMILES string of the molecule is CC/C=C\C/C=C\C/C=C\C/C=C\CCCCCCCCCCCCCCCCCCCCCCCCC(=O)OC(COC(=O)CCCCCCCCCCCCCCCCCCCCCCCCCCCC/C=C\C/C=C\C/C=C\CCCCCCC)COC(OCC[N+](C)(C)C)C(=O)[O-]. The summed E-state index contributed by atoms with van der Waals surface area (Å²) in [6, 6.07) is 0. The number of likely N-dealkylation sites (N-methyl/N-ethyl adjacent to an activating group) is 1. The van der Waals surface area contributed by atoms with Crippen molar-refractivity contribution in [3.63, 3.8) is 0 Å². The molecule has 0 radical (unpaired) electrons. The van der Waals surface area contributed by atoms with Crippen LogP contribution in [0.2, 0.25) is 0 Å². The van der Waals surface area contributed by atoms with Crippen molar-refractivity contribution in [2.45, 2.75) is 437 Å². The third kappa shape index (κ3) is 83.6. The molecule has 0 rings (SSSR count). The number of carbonyl (C=O) groups is 3. The Balaban J connectivity index is 3.92. The van der Waals surface area contributed by atoms with Gasteiger partial charge >= 0.3 is 11.9 Å². The highest BCUT2D eigenvalue weighted by Gasteiger charge is 2.22. The summed E-state index contributed by atoms with van der Waals surface area (Å²) in [5.74, 6) is -2.25. The van der Waals surface area contributed by atoms with Gasteiger partial charge in [-0.1, -0.05) is 407 Å². The molecule has 0 fully saturated rings. The van der Waals surface area contributed by atoms with E-state index in [0.29, 0.717) is 23.9 Å². The van der Waals surface area contributed by atoms with Crippen LogP contribution in [0.15, 0.2) is 85.1 Å². The van der Waals surface area contributed by atoms with Gasteiger partial charge in [-0.2, -0.15) is 0 Å². The van der Waals surface area contributed by atoms with Crippen LogP contribution in [0.4, 0.5) is 0 Å². The van der Waals surface area contributed by atoms with Crippen LogP contribution in [0, 0.1) is 0 Å². The first-order valence-electron chi connectivity index (χ1n) is 43.7. The Bertz CT molecular complexity index is 1940. The van der Waals surface area contributed by atoms with E-state index in [1.807, 2.05) is 21.1 Å². The van der Waals surface area contributed by atoms with Crippen molar-refractivity contribution >= 4 is 17.9 Å². The van der Waals surface area contributed by atoms with E-state index in [1.54, 1.807) is 0 Å². The number of hydrogen-bond donors (Lipinski definition) is 0. The highest BCUT2D eigenvalue weighted by Crippen LogP contribution is 2.20. The monoisotopic (exact) mass is 1410 g/mol. The molecule has 2 unspecified atom stereocenters. The molecule has 588 valence electrons. The predicted molar refractivity (Wildman–Crippen MR) is 435 cm³/mol. The van der Waals surface area contributed by atoms with Gasteiger partial charge in [0.2, 0.25) is 0 Å². The molecule has 0 aromatic heterocycles. The molecule has 0 saturated carbocycles. The van der Waals surface area contributed by atoms with Crippen LogP contribution in [-0.2, 0) is 33.3 Å². The van der Waals surface area contributed by atoms with E-state index in [2.05, 4.69) is 98.9 Å². The normalized spacial score (nSPS) is 13.0. The molecule has 0 aliphatic rings. The lowest BCUT2D eigenvalue weighted by Crippen LogP contribution is -2.44. The van der Waals surface area contributed by atoms with Crippen LogP contribution in [0.25, 0.3) is 0 Å². The van der Waals surface area contributed by atoms with Crippen molar-refractivity contribution in [2.24, 2.45) is 0 Å². The standard InChI is InChI=1S/C92H167NO8/c1-6-8-10-12-14-16-18-20-22-24-26-28-30-32-34-36-38-40-42-43-44-45-46-47-49-50-52-54-56-58-60-62-64-66-68-70-72-74-76-78-80-82-89(94)99-86-88(87-100-92(91(96)97)98-85-84-93(3,4)5)101-90(95)83-81-79-77-75-73-71-69-67-65-63-61-59-57-55-53-51-48-41-39-37-35-33-31-29-27-25-23-21-19-17-15-13-11-9-7-2/h9,11,15,17-18,20-21,23-24,26-27,29-30,32,88,92H,6-8,10,12-14,16,19,22,25,28,31,33-87H2,1-5H3/b11-9-,17-15-,20-18-,23-21-,26-24-,29-27-,32-30-. The smallest absolute Gasteiger partial charge is 0.306 e. The summed E-state index contributed by atoms with van der Waals surface area (Å²) in [7, 11) is 5.95. The first-order chi connectivity index (χ1) is 49.6. The molecule has 9 nitrogen and oxygen atoms in total. The second kappa shape index (κ2) is 82.1. The largest absolute Gasteiger partial charge is 0.545 e. The van der Waals surface area contributed by atoms with Crippen LogP contribution in [0.5, 0.6) is 0 Å². The summed E-state index contributed by atoms with van der Waals surface area (Å²) in [5.41, 5.74) is 0. The number of aliphatic carboxylic acids is 1. The Kier molecular flexibility index (Phi) is 79.3. The Morgan fingerprint density at radius 2 is 0.564 bits per heavy atom. The van der Waals surface area contributed by atoms with E-state index < -0.39 is 24.3 Å². The number of quaternary nitrogens is 1. The summed E-state index contributed by atoms with van der Waals surface area (Å²) in [6.45, 7) is 4.69. The topological polar surface area (TPSA) is 111 Å². The number of hydrogen-bond acceptors (Lipinski definition) is 8. The highest BCUT2D eigenvalue weighted by molar-refractivity contribution is 5.70. The maximum absolute atomic E-state index is 13.0. The number of ether oxygens (including phenoxy) is 4. The second-order valence-electron chi connectivity index (χ2n) is 30.8. The molecular formula is C92H167NO8. The minimum Gasteiger partial charge on any atom is -0.545 e. The molecule has 0 aromatic carbocycles. The van der Waals surface area contributed by atoms with E-state index in [0.717, 1.165) is 70.6 Å². The van der Waals surface area contributed by atoms with Crippen LogP contribution in [-0.4, -0.2) is 82.3 Å². The Morgan fingerprint density at radius 3 is 0.842 bits per heavy atom. The summed E-state index contributed by atoms with van der Waals surface area (Å²) in [6.07, 6.45) is 110. The van der Waals surface area contributed by atoms with Gasteiger partial charge in [0.25, 0.3) is 0 Å². The van der Waals surface area contributed by atoms with Gasteiger partial charge in [-0.05, 0) is 89.9 Å². The highest BCUT2D eigenvalue weighted by atomic mass is 16.7. The Labute approximate surface area is 627 Å². The zero-order valence-electron chi connectivity index (χ0n) is 67.5. The van der Waals surface area contributed by atoms with Gasteiger partial charge in [-0.25, -0.2) is 0 Å². The number of carbonyl (C=O) groups excluding carboxylic acids is 3. The lowest BCUT2D eigenvalue weighted by molar-refractivity contribution is -0.870. The van der Waals surface area contributed by atoms with E-state index in [-0.39, 0.29) is 32.2 Å². The van der Waals surface area contributed by atoms with Gasteiger partial charge in [0.15, 0.2) is 12.4 Å². The third-order valence-electron chi connectivity index (χ3n) is 19.6. The minimum absolute atomic E-state index is 0.149. The lowest BCUT2D eigenvalue weighted by atomic mass is 10.0. The van der Waals surface area contributed by atoms with Crippen molar-refractivity contribution in [3.05, 3.63) is 85.1 Å². The molecule has 0 heterocycles. The molecule has 0 aromatic rings. The molecule has 9 heteroatoms. The number of allylic oxidation sites excluding steroid dienone is 14. The first-order valence-corrected chi connectivity index (χ1v) is 43.7. The van der Waals surface area contributed by atoms with Gasteiger partial charge in [0, 0.05) is 12.8 Å². The molecular weight excluding hydrogens is 1250 g/mol. The lowest BCUT2D eigenvalue weighted by Gasteiger charge is -2.26. The Morgan fingerprint density at radius 1 is 0.307 bits per heavy atom. The van der Waals surface area contributed by atoms with E-state index in [9.17, 15) is 19.5 Å². The van der Waals surface area contributed by atoms with Crippen LogP contribution < -0.4 is 5.11 Å². The van der Waals surface area contributed by atoms with Crippen molar-refractivity contribution in [1.82, 2.24) is 0 Å². The molecule has 0 spiro atoms. The van der Waals surface area contributed by atoms with Gasteiger partial charge in [-0.15, -0.1) is 0 Å². The molecule has 0 N–H and O–H groups in total. The summed E-state index contributed by atoms with van der Waals surface area (Å²) in [5, 5.41) is 11.9. The average Bonchev–Trinajstić information content (AvgIpc) is 1.25. The van der Waals surface area contributed by atoms with Crippen LogP contribution >= 0.6 is 0 Å². The maximum Gasteiger partial charge on any atom is 0.306 e. The summed E-state index contributed by atoms with van der Waals surface area (Å²) >= 11 is 0. The van der Waals surface area contributed by atoms with Crippen molar-refractivity contribution in [1.29, 1.82) is 0 Å². The fraction of sp³-hybridized carbons (Fsp3) is 0.815. The molecule has 0 aliphatic carbocycles.